The maximum absolute atomic E-state index is 13.5. The van der Waals surface area contributed by atoms with Crippen molar-refractivity contribution in [1.82, 2.24) is 19.8 Å². The van der Waals surface area contributed by atoms with E-state index in [-0.39, 0.29) is 17.9 Å². The zero-order valence-corrected chi connectivity index (χ0v) is 17.1. The Labute approximate surface area is 166 Å². The maximum Gasteiger partial charge on any atom is 0.290 e. The fourth-order valence-electron chi connectivity index (χ4n) is 4.76. The van der Waals surface area contributed by atoms with Gasteiger partial charge < -0.3 is 14.8 Å². The summed E-state index contributed by atoms with van der Waals surface area (Å²) in [7, 11) is 0. The predicted octanol–water partition coefficient (Wildman–Crippen LogP) is 3.36. The summed E-state index contributed by atoms with van der Waals surface area (Å²) in [6.45, 7) is 7.13. The zero-order valence-electron chi connectivity index (χ0n) is 17.1. The Morgan fingerprint density at radius 2 is 2.04 bits per heavy atom. The SMILES string of the molecule is CCCN1C(=O)c2nc3ccccc3n2CC1(C)C(=O)NC1CCCCC1C. The average Bonchev–Trinajstić information content (AvgIpc) is 3.05. The van der Waals surface area contributed by atoms with E-state index in [9.17, 15) is 9.59 Å². The largest absolute Gasteiger partial charge is 0.351 e. The fourth-order valence-corrected chi connectivity index (χ4v) is 4.76. The molecule has 0 bridgehead atoms. The van der Waals surface area contributed by atoms with Gasteiger partial charge >= 0.3 is 0 Å². The van der Waals surface area contributed by atoms with Gasteiger partial charge in [-0.3, -0.25) is 9.59 Å². The minimum Gasteiger partial charge on any atom is -0.351 e. The zero-order chi connectivity index (χ0) is 19.9. The minimum atomic E-state index is -0.916. The number of imidazole rings is 1. The van der Waals surface area contributed by atoms with Gasteiger partial charge in [-0.2, -0.15) is 0 Å². The molecule has 1 saturated carbocycles. The summed E-state index contributed by atoms with van der Waals surface area (Å²) in [6.07, 6.45) is 5.35. The van der Waals surface area contributed by atoms with Crippen LogP contribution in [0.5, 0.6) is 0 Å². The van der Waals surface area contributed by atoms with Crippen LogP contribution in [0.1, 0.15) is 63.5 Å². The van der Waals surface area contributed by atoms with Gasteiger partial charge in [-0.05, 0) is 44.2 Å². The number of benzene rings is 1. The first-order chi connectivity index (χ1) is 13.5. The number of hydrogen-bond acceptors (Lipinski definition) is 3. The highest BCUT2D eigenvalue weighted by Crippen LogP contribution is 2.32. The Hall–Kier alpha value is -2.37. The van der Waals surface area contributed by atoms with Gasteiger partial charge in [0.05, 0.1) is 17.6 Å². The van der Waals surface area contributed by atoms with E-state index in [1.54, 1.807) is 4.90 Å². The second kappa shape index (κ2) is 7.22. The highest BCUT2D eigenvalue weighted by molar-refractivity contribution is 6.01. The molecule has 2 heterocycles. The van der Waals surface area contributed by atoms with Gasteiger partial charge in [0.25, 0.3) is 5.91 Å². The first kappa shape index (κ1) is 19.0. The number of nitrogens with one attached hydrogen (secondary N) is 1. The van der Waals surface area contributed by atoms with Crippen molar-refractivity contribution in [3.8, 4) is 0 Å². The minimum absolute atomic E-state index is 0.0449. The van der Waals surface area contributed by atoms with Crippen molar-refractivity contribution >= 4 is 22.8 Å². The first-order valence-electron chi connectivity index (χ1n) is 10.5. The molecule has 0 saturated heterocycles. The van der Waals surface area contributed by atoms with Crippen LogP contribution in [-0.2, 0) is 11.3 Å². The number of carbonyl (C=O) groups is 2. The molecule has 3 unspecified atom stereocenters. The van der Waals surface area contributed by atoms with Crippen LogP contribution in [-0.4, -0.2) is 44.4 Å². The van der Waals surface area contributed by atoms with Crippen LogP contribution in [0.3, 0.4) is 0 Å². The molecule has 2 aromatic rings. The molecule has 1 aromatic heterocycles. The van der Waals surface area contributed by atoms with E-state index in [0.717, 1.165) is 36.7 Å². The molecule has 150 valence electrons. The lowest BCUT2D eigenvalue weighted by atomic mass is 9.85. The molecule has 1 aromatic carbocycles. The summed E-state index contributed by atoms with van der Waals surface area (Å²) in [5, 5.41) is 3.29. The van der Waals surface area contributed by atoms with E-state index in [0.29, 0.717) is 24.8 Å². The third-order valence-electron chi connectivity index (χ3n) is 6.52. The lowest BCUT2D eigenvalue weighted by molar-refractivity contribution is -0.134. The average molecular weight is 383 g/mol. The van der Waals surface area contributed by atoms with Gasteiger partial charge in [0, 0.05) is 12.6 Å². The second-order valence-electron chi connectivity index (χ2n) is 8.58. The topological polar surface area (TPSA) is 67.2 Å². The van der Waals surface area contributed by atoms with E-state index in [1.807, 2.05) is 42.7 Å². The molecule has 3 atom stereocenters. The number of carbonyl (C=O) groups excluding carboxylic acids is 2. The molecule has 28 heavy (non-hydrogen) atoms. The van der Waals surface area contributed by atoms with Crippen molar-refractivity contribution in [3.05, 3.63) is 30.1 Å². The molecular formula is C22H30N4O2. The van der Waals surface area contributed by atoms with Gasteiger partial charge in [0.15, 0.2) is 5.82 Å². The fraction of sp³-hybridized carbons (Fsp3) is 0.591. The molecule has 2 amide bonds. The predicted molar refractivity (Wildman–Crippen MR) is 109 cm³/mol. The van der Waals surface area contributed by atoms with Crippen LogP contribution in [0.4, 0.5) is 0 Å². The highest BCUT2D eigenvalue weighted by Gasteiger charge is 2.48. The number of aromatic nitrogens is 2. The van der Waals surface area contributed by atoms with Crippen LogP contribution in [0.25, 0.3) is 11.0 Å². The van der Waals surface area contributed by atoms with E-state index < -0.39 is 5.54 Å². The van der Waals surface area contributed by atoms with E-state index in [2.05, 4.69) is 17.2 Å². The number of nitrogens with zero attached hydrogens (tertiary/aromatic N) is 3. The molecule has 0 radical (unpaired) electrons. The smallest absolute Gasteiger partial charge is 0.290 e. The third-order valence-corrected chi connectivity index (χ3v) is 6.52. The third kappa shape index (κ3) is 2.99. The molecule has 0 spiro atoms. The lowest BCUT2D eigenvalue weighted by Crippen LogP contribution is -2.65. The molecule has 4 rings (SSSR count). The summed E-state index contributed by atoms with van der Waals surface area (Å²) in [4.78, 5) is 33.1. The molecular weight excluding hydrogens is 352 g/mol. The number of amides is 2. The summed E-state index contributed by atoms with van der Waals surface area (Å²) in [5.74, 6) is 0.714. The summed E-state index contributed by atoms with van der Waals surface area (Å²) in [6, 6.07) is 7.94. The van der Waals surface area contributed by atoms with Crippen LogP contribution in [0, 0.1) is 5.92 Å². The van der Waals surface area contributed by atoms with E-state index >= 15 is 0 Å². The number of para-hydroxylation sites is 2. The molecule has 1 fully saturated rings. The molecule has 1 N–H and O–H groups in total. The van der Waals surface area contributed by atoms with Gasteiger partial charge in [0.1, 0.15) is 5.54 Å². The monoisotopic (exact) mass is 382 g/mol. The summed E-state index contributed by atoms with van der Waals surface area (Å²) >= 11 is 0. The lowest BCUT2D eigenvalue weighted by Gasteiger charge is -2.44. The molecule has 2 aliphatic rings. The van der Waals surface area contributed by atoms with Crippen LogP contribution in [0.2, 0.25) is 0 Å². The van der Waals surface area contributed by atoms with Crippen LogP contribution >= 0.6 is 0 Å². The number of rotatable bonds is 4. The summed E-state index contributed by atoms with van der Waals surface area (Å²) in [5.41, 5.74) is 0.792. The van der Waals surface area contributed by atoms with Crippen molar-refractivity contribution < 1.29 is 9.59 Å². The van der Waals surface area contributed by atoms with Gasteiger partial charge in [-0.1, -0.05) is 38.8 Å². The standard InChI is InChI=1S/C22H30N4O2/c1-4-13-26-20(27)19-23-17-11-7-8-12-18(17)25(19)14-22(26,3)21(28)24-16-10-6-5-9-15(16)2/h7-8,11-12,15-16H,4-6,9-10,13-14H2,1-3H3,(H,24,28). The van der Waals surface area contributed by atoms with Crippen LogP contribution in [0.15, 0.2) is 24.3 Å². The van der Waals surface area contributed by atoms with Crippen LogP contribution < -0.4 is 5.32 Å². The highest BCUT2D eigenvalue weighted by atomic mass is 16.2. The number of hydrogen-bond donors (Lipinski definition) is 1. The quantitative estimate of drug-likeness (QED) is 0.882. The normalized spacial score (nSPS) is 27.7. The Balaban J connectivity index is 1.71. The van der Waals surface area contributed by atoms with Gasteiger partial charge in [-0.25, -0.2) is 4.98 Å². The summed E-state index contributed by atoms with van der Waals surface area (Å²) < 4.78 is 1.92. The maximum atomic E-state index is 13.5. The van der Waals surface area contributed by atoms with E-state index in [4.69, 9.17) is 0 Å². The molecule has 1 aliphatic carbocycles. The van der Waals surface area contributed by atoms with Crippen molar-refractivity contribution in [3.63, 3.8) is 0 Å². The first-order valence-corrected chi connectivity index (χ1v) is 10.5. The van der Waals surface area contributed by atoms with Crippen molar-refractivity contribution in [2.24, 2.45) is 5.92 Å². The molecule has 1 aliphatic heterocycles. The van der Waals surface area contributed by atoms with Crippen molar-refractivity contribution in [2.45, 2.75) is 71.0 Å². The van der Waals surface area contributed by atoms with Crippen molar-refractivity contribution in [2.75, 3.05) is 6.54 Å². The molecule has 6 nitrogen and oxygen atoms in total. The Kier molecular flexibility index (Phi) is 4.89. The Bertz CT molecular complexity index is 905. The second-order valence-corrected chi connectivity index (χ2v) is 8.58. The number of fused-ring (bicyclic) bond motifs is 3. The van der Waals surface area contributed by atoms with E-state index in [1.165, 1.54) is 6.42 Å². The van der Waals surface area contributed by atoms with Crippen molar-refractivity contribution in [1.29, 1.82) is 0 Å². The van der Waals surface area contributed by atoms with Gasteiger partial charge in [-0.15, -0.1) is 0 Å². The Morgan fingerprint density at radius 1 is 1.29 bits per heavy atom. The molecule has 6 heteroatoms. The van der Waals surface area contributed by atoms with Gasteiger partial charge in [0.2, 0.25) is 5.91 Å². The Morgan fingerprint density at radius 3 is 2.79 bits per heavy atom.